The second-order valence-corrected chi connectivity index (χ2v) is 10.4. The number of hydrogen-bond acceptors (Lipinski definition) is 3. The minimum atomic E-state index is -0.477. The standard InChI is InChI=1S/C26H29FN2O2S/c1-14-9-18-19(26(4,5)8-7-25(18,2)3)13-16(14)17-10-15(11-20(27)22(17)31-6)12-21-23(30)29-24(32)28-21/h9-13H,7-8H2,1-6H3,(H2,28,29,30,32)/b21-12-. The van der Waals surface area contributed by atoms with Gasteiger partial charge in [-0.15, -0.1) is 0 Å². The number of aryl methyl sites for hydroxylation is 1. The van der Waals surface area contributed by atoms with Gasteiger partial charge in [0.15, 0.2) is 16.7 Å². The molecule has 1 aliphatic carbocycles. The average Bonchev–Trinajstić information content (AvgIpc) is 3.01. The van der Waals surface area contributed by atoms with Crippen LogP contribution in [-0.4, -0.2) is 18.1 Å². The van der Waals surface area contributed by atoms with E-state index in [-0.39, 0.29) is 33.3 Å². The molecule has 1 saturated heterocycles. The van der Waals surface area contributed by atoms with Gasteiger partial charge >= 0.3 is 0 Å². The molecule has 0 saturated carbocycles. The summed E-state index contributed by atoms with van der Waals surface area (Å²) in [5.41, 5.74) is 6.28. The van der Waals surface area contributed by atoms with Gasteiger partial charge in [-0.05, 0) is 94.9 Å². The first kappa shape index (κ1) is 22.5. The highest BCUT2D eigenvalue weighted by molar-refractivity contribution is 7.80. The maximum atomic E-state index is 15.1. The molecule has 1 aliphatic heterocycles. The van der Waals surface area contributed by atoms with Crippen LogP contribution in [0.1, 0.15) is 62.8 Å². The zero-order valence-corrected chi connectivity index (χ0v) is 20.2. The number of amides is 1. The van der Waals surface area contributed by atoms with Gasteiger partial charge in [0.05, 0.1) is 7.11 Å². The third-order valence-corrected chi connectivity index (χ3v) is 6.99. The highest BCUT2D eigenvalue weighted by atomic mass is 32.1. The van der Waals surface area contributed by atoms with E-state index in [0.717, 1.165) is 24.0 Å². The molecule has 1 amide bonds. The number of methoxy groups -OCH3 is 1. The number of thiocarbonyl (C=S) groups is 1. The summed E-state index contributed by atoms with van der Waals surface area (Å²) >= 11 is 4.99. The number of nitrogens with one attached hydrogen (secondary N) is 2. The van der Waals surface area contributed by atoms with Crippen molar-refractivity contribution in [3.05, 3.63) is 58.0 Å². The Morgan fingerprint density at radius 2 is 1.62 bits per heavy atom. The third kappa shape index (κ3) is 3.81. The van der Waals surface area contributed by atoms with Crippen molar-refractivity contribution in [1.82, 2.24) is 10.6 Å². The molecule has 2 N–H and O–H groups in total. The summed E-state index contributed by atoms with van der Waals surface area (Å²) in [5, 5.41) is 5.58. The number of rotatable bonds is 3. The predicted octanol–water partition coefficient (Wildman–Crippen LogP) is 5.50. The number of carbonyl (C=O) groups excluding carboxylic acids is 1. The summed E-state index contributed by atoms with van der Waals surface area (Å²) in [6, 6.07) is 7.68. The maximum absolute atomic E-state index is 15.1. The first-order chi connectivity index (χ1) is 14.9. The van der Waals surface area contributed by atoms with Crippen molar-refractivity contribution in [3.8, 4) is 16.9 Å². The van der Waals surface area contributed by atoms with Crippen LogP contribution in [0.5, 0.6) is 5.75 Å². The van der Waals surface area contributed by atoms with E-state index >= 15 is 4.39 Å². The van der Waals surface area contributed by atoms with E-state index < -0.39 is 5.82 Å². The summed E-state index contributed by atoms with van der Waals surface area (Å²) in [6.07, 6.45) is 3.82. The van der Waals surface area contributed by atoms with Crippen molar-refractivity contribution >= 4 is 29.3 Å². The Balaban J connectivity index is 1.92. The highest BCUT2D eigenvalue weighted by Gasteiger charge is 2.37. The van der Waals surface area contributed by atoms with Crippen LogP contribution in [0.4, 0.5) is 4.39 Å². The van der Waals surface area contributed by atoms with Crippen LogP contribution >= 0.6 is 12.2 Å². The summed E-state index contributed by atoms with van der Waals surface area (Å²) < 4.78 is 20.6. The van der Waals surface area contributed by atoms with Crippen molar-refractivity contribution in [3.63, 3.8) is 0 Å². The van der Waals surface area contributed by atoms with E-state index in [1.54, 1.807) is 6.08 Å². The van der Waals surface area contributed by atoms with Crippen LogP contribution in [0.15, 0.2) is 30.0 Å². The Bertz CT molecular complexity index is 1180. The second-order valence-electron chi connectivity index (χ2n) is 10.0. The van der Waals surface area contributed by atoms with Crippen LogP contribution < -0.4 is 15.4 Å². The van der Waals surface area contributed by atoms with Gasteiger partial charge in [-0.3, -0.25) is 10.1 Å². The summed E-state index contributed by atoms with van der Waals surface area (Å²) in [5.74, 6) is -0.612. The molecule has 2 aliphatic rings. The molecule has 4 nitrogen and oxygen atoms in total. The number of fused-ring (bicyclic) bond motifs is 1. The Kier molecular flexibility index (Phi) is 5.40. The molecule has 0 unspecified atom stereocenters. The van der Waals surface area contributed by atoms with Crippen molar-refractivity contribution < 1.29 is 13.9 Å². The van der Waals surface area contributed by atoms with Crippen molar-refractivity contribution in [2.24, 2.45) is 0 Å². The van der Waals surface area contributed by atoms with Gasteiger partial charge < -0.3 is 10.1 Å². The predicted molar refractivity (Wildman–Crippen MR) is 130 cm³/mol. The van der Waals surface area contributed by atoms with Gasteiger partial charge in [0, 0.05) is 5.56 Å². The van der Waals surface area contributed by atoms with E-state index in [9.17, 15) is 4.79 Å². The smallest absolute Gasteiger partial charge is 0.273 e. The minimum Gasteiger partial charge on any atom is -0.493 e. The first-order valence-electron chi connectivity index (χ1n) is 10.8. The zero-order chi connectivity index (χ0) is 23.4. The Labute approximate surface area is 194 Å². The van der Waals surface area contributed by atoms with Crippen LogP contribution in [0, 0.1) is 12.7 Å². The lowest BCUT2D eigenvalue weighted by Gasteiger charge is -2.42. The number of ether oxygens (including phenoxy) is 1. The van der Waals surface area contributed by atoms with Crippen molar-refractivity contribution in [1.29, 1.82) is 0 Å². The molecule has 0 spiro atoms. The normalized spacial score (nSPS) is 20.0. The Morgan fingerprint density at radius 1 is 1.00 bits per heavy atom. The molecule has 32 heavy (non-hydrogen) atoms. The molecule has 0 atom stereocenters. The van der Waals surface area contributed by atoms with E-state index in [1.165, 1.54) is 24.3 Å². The third-order valence-electron chi connectivity index (χ3n) is 6.79. The van der Waals surface area contributed by atoms with Crippen molar-refractivity contribution in [2.45, 2.75) is 58.3 Å². The number of benzene rings is 2. The molecule has 1 heterocycles. The topological polar surface area (TPSA) is 50.4 Å². The number of hydrogen-bond donors (Lipinski definition) is 2. The number of halogens is 1. The van der Waals surface area contributed by atoms with Crippen LogP contribution in [0.2, 0.25) is 0 Å². The summed E-state index contributed by atoms with van der Waals surface area (Å²) in [7, 11) is 1.48. The van der Waals surface area contributed by atoms with E-state index in [4.69, 9.17) is 17.0 Å². The Morgan fingerprint density at radius 3 is 2.19 bits per heavy atom. The highest BCUT2D eigenvalue weighted by Crippen LogP contribution is 2.48. The fourth-order valence-corrected chi connectivity index (χ4v) is 4.97. The molecule has 1 fully saturated rings. The molecule has 6 heteroatoms. The number of carbonyl (C=O) groups is 1. The van der Waals surface area contributed by atoms with Gasteiger partial charge in [0.2, 0.25) is 0 Å². The van der Waals surface area contributed by atoms with Crippen LogP contribution in [0.3, 0.4) is 0 Å². The first-order valence-corrected chi connectivity index (χ1v) is 11.2. The lowest BCUT2D eigenvalue weighted by molar-refractivity contribution is -0.115. The average molecular weight is 453 g/mol. The lowest BCUT2D eigenvalue weighted by atomic mass is 9.62. The van der Waals surface area contributed by atoms with Gasteiger partial charge in [0.1, 0.15) is 5.70 Å². The zero-order valence-electron chi connectivity index (χ0n) is 19.4. The van der Waals surface area contributed by atoms with Gasteiger partial charge in [0.25, 0.3) is 5.91 Å². The summed E-state index contributed by atoms with van der Waals surface area (Å²) in [6.45, 7) is 11.2. The molecule has 2 aromatic carbocycles. The Hall–Kier alpha value is -2.73. The van der Waals surface area contributed by atoms with Crippen LogP contribution in [0.25, 0.3) is 17.2 Å². The largest absolute Gasteiger partial charge is 0.493 e. The van der Waals surface area contributed by atoms with Gasteiger partial charge in [-0.25, -0.2) is 4.39 Å². The molecular weight excluding hydrogens is 423 g/mol. The molecule has 0 radical (unpaired) electrons. The quantitative estimate of drug-likeness (QED) is 0.477. The molecule has 0 aromatic heterocycles. The molecular formula is C26H29FN2O2S. The molecule has 4 rings (SSSR count). The SMILES string of the molecule is COc1c(F)cc(/C=C2\NC(=S)NC2=O)cc1-c1cc2c(cc1C)C(C)(C)CCC2(C)C. The molecule has 0 bridgehead atoms. The summed E-state index contributed by atoms with van der Waals surface area (Å²) in [4.78, 5) is 12.1. The minimum absolute atomic E-state index is 0.0280. The van der Waals surface area contributed by atoms with E-state index in [1.807, 2.05) is 6.07 Å². The maximum Gasteiger partial charge on any atom is 0.273 e. The van der Waals surface area contributed by atoms with E-state index in [0.29, 0.717) is 11.1 Å². The molecule has 2 aromatic rings. The van der Waals surface area contributed by atoms with E-state index in [2.05, 4.69) is 57.4 Å². The monoisotopic (exact) mass is 452 g/mol. The fraction of sp³-hybridized carbons (Fsp3) is 0.385. The second kappa shape index (κ2) is 7.69. The van der Waals surface area contributed by atoms with Gasteiger partial charge in [-0.1, -0.05) is 33.8 Å². The molecule has 168 valence electrons. The van der Waals surface area contributed by atoms with Crippen LogP contribution in [-0.2, 0) is 15.6 Å². The van der Waals surface area contributed by atoms with Gasteiger partial charge in [-0.2, -0.15) is 0 Å². The fourth-order valence-electron chi connectivity index (χ4n) is 4.77. The lowest BCUT2D eigenvalue weighted by Crippen LogP contribution is -2.34. The van der Waals surface area contributed by atoms with Crippen molar-refractivity contribution in [2.75, 3.05) is 7.11 Å².